The van der Waals surface area contributed by atoms with Gasteiger partial charge in [0.1, 0.15) is 17.8 Å². The number of nitrogens with one attached hydrogen (secondary N) is 2. The average molecular weight is 534 g/mol. The number of carboxylic acid groups (broad SMARTS) is 1. The first-order valence-electron chi connectivity index (χ1n) is 11.9. The Hall–Kier alpha value is -3.09. The molecule has 1 saturated heterocycles. The lowest BCUT2D eigenvalue weighted by atomic mass is 9.88. The maximum Gasteiger partial charge on any atom is 0.490 e. The number of anilines is 2. The molecule has 1 aromatic carbocycles. The van der Waals surface area contributed by atoms with Crippen LogP contribution in [0.25, 0.3) is 0 Å². The summed E-state index contributed by atoms with van der Waals surface area (Å²) in [5, 5.41) is 13.9. The lowest BCUT2D eigenvalue weighted by molar-refractivity contribution is -0.192. The van der Waals surface area contributed by atoms with E-state index in [1.807, 2.05) is 0 Å². The maximum absolute atomic E-state index is 15.0. The first-order valence-corrected chi connectivity index (χ1v) is 11.9. The zero-order valence-corrected chi connectivity index (χ0v) is 20.4. The van der Waals surface area contributed by atoms with E-state index in [2.05, 4.69) is 29.4 Å². The van der Waals surface area contributed by atoms with Gasteiger partial charge in [-0.15, -0.1) is 0 Å². The van der Waals surface area contributed by atoms with Crippen molar-refractivity contribution in [1.82, 2.24) is 15.3 Å². The van der Waals surface area contributed by atoms with E-state index < -0.39 is 30.0 Å². The molecule has 0 amide bonds. The Bertz CT molecular complexity index is 1090. The molecule has 3 heterocycles. The molecule has 1 unspecified atom stereocenters. The van der Waals surface area contributed by atoms with Gasteiger partial charge in [-0.2, -0.15) is 13.2 Å². The number of halogens is 6. The van der Waals surface area contributed by atoms with Gasteiger partial charge < -0.3 is 20.6 Å². The third-order valence-electron chi connectivity index (χ3n) is 6.04. The Kier molecular flexibility index (Phi) is 9.21. The minimum absolute atomic E-state index is 0.0586. The lowest BCUT2D eigenvalue weighted by Crippen LogP contribution is -2.37. The third-order valence-corrected chi connectivity index (χ3v) is 6.04. The molecule has 0 bridgehead atoms. The van der Waals surface area contributed by atoms with Crippen molar-refractivity contribution in [2.24, 2.45) is 5.92 Å². The number of piperidine rings is 1. The predicted octanol–water partition coefficient (Wildman–Crippen LogP) is 4.78. The van der Waals surface area contributed by atoms with Gasteiger partial charge in [-0.1, -0.05) is 6.07 Å². The Labute approximate surface area is 210 Å². The number of alkyl halides is 4. The monoisotopic (exact) mass is 533 g/mol. The van der Waals surface area contributed by atoms with Crippen molar-refractivity contribution in [3.8, 4) is 0 Å². The van der Waals surface area contributed by atoms with Crippen LogP contribution in [-0.4, -0.2) is 52.9 Å². The number of aromatic nitrogens is 2. The zero-order valence-electron chi connectivity index (χ0n) is 20.4. The summed E-state index contributed by atoms with van der Waals surface area (Å²) in [6, 6.07) is 3.29. The van der Waals surface area contributed by atoms with E-state index in [0.29, 0.717) is 32.5 Å². The van der Waals surface area contributed by atoms with Gasteiger partial charge in [0.05, 0.1) is 11.4 Å². The Morgan fingerprint density at radius 1 is 1.16 bits per heavy atom. The highest BCUT2D eigenvalue weighted by Crippen LogP contribution is 2.37. The number of carbonyl (C=O) groups is 1. The number of aliphatic carboxylic acids is 1. The fourth-order valence-corrected chi connectivity index (χ4v) is 4.22. The summed E-state index contributed by atoms with van der Waals surface area (Å²) in [5.41, 5.74) is 1.92. The minimum Gasteiger partial charge on any atom is -0.475 e. The molecule has 7 nitrogen and oxygen atoms in total. The van der Waals surface area contributed by atoms with Crippen molar-refractivity contribution in [2.45, 2.75) is 58.0 Å². The van der Waals surface area contributed by atoms with Crippen LogP contribution in [0.4, 0.5) is 38.0 Å². The largest absolute Gasteiger partial charge is 0.490 e. The van der Waals surface area contributed by atoms with Crippen LogP contribution in [-0.2, 0) is 17.8 Å². The van der Waals surface area contributed by atoms with Crippen LogP contribution < -0.4 is 15.5 Å². The van der Waals surface area contributed by atoms with Crippen molar-refractivity contribution >= 4 is 17.6 Å². The molecule has 1 aromatic heterocycles. The molecule has 204 valence electrons. The van der Waals surface area contributed by atoms with Crippen LogP contribution in [0.1, 0.15) is 49.8 Å². The highest BCUT2D eigenvalue weighted by molar-refractivity contribution is 5.73. The molecule has 2 aromatic rings. The summed E-state index contributed by atoms with van der Waals surface area (Å²) in [6.45, 7) is 6.94. The first-order chi connectivity index (χ1) is 17.4. The minimum atomic E-state index is -5.08. The highest BCUT2D eigenvalue weighted by atomic mass is 19.4. The second-order valence-electron chi connectivity index (χ2n) is 9.21. The highest BCUT2D eigenvalue weighted by Gasteiger charge is 2.38. The van der Waals surface area contributed by atoms with Crippen molar-refractivity contribution in [1.29, 1.82) is 0 Å². The number of rotatable bonds is 5. The number of carboxylic acids is 1. The average Bonchev–Trinajstić information content (AvgIpc) is 2.83. The van der Waals surface area contributed by atoms with Crippen LogP contribution in [0.15, 0.2) is 18.2 Å². The van der Waals surface area contributed by atoms with Gasteiger partial charge in [0.2, 0.25) is 0 Å². The quantitative estimate of drug-likeness (QED) is 0.477. The Balaban J connectivity index is 0.000000479. The zero-order chi connectivity index (χ0) is 27.3. The maximum atomic E-state index is 15.0. The number of hydrogen-bond donors (Lipinski definition) is 3. The Morgan fingerprint density at radius 3 is 2.38 bits per heavy atom. The molecule has 13 heteroatoms. The predicted molar refractivity (Wildman–Crippen MR) is 125 cm³/mol. The molecule has 0 saturated carbocycles. The lowest BCUT2D eigenvalue weighted by Gasteiger charge is -2.35. The summed E-state index contributed by atoms with van der Waals surface area (Å²) in [5.74, 6) is -3.01. The standard InChI is InChI=1S/C22H28F3N5.C2HF3O2/c1-13(2)27-21-22(29-19-12-26-8-5-18(19)28-21)30-9-6-14(7-10-30)20(25)16-4-3-15(23)11-17(16)24;3-2(4,5)1(6)7/h3-4,11,13-14,20,26H,5-10,12H2,1-2H3,(H,27,28);(H,6,7). The molecule has 3 N–H and O–H groups in total. The van der Waals surface area contributed by atoms with E-state index in [4.69, 9.17) is 19.9 Å². The number of benzene rings is 1. The van der Waals surface area contributed by atoms with Crippen LogP contribution >= 0.6 is 0 Å². The van der Waals surface area contributed by atoms with Gasteiger partial charge in [-0.3, -0.25) is 0 Å². The van der Waals surface area contributed by atoms with Crippen molar-refractivity contribution in [2.75, 3.05) is 29.9 Å². The van der Waals surface area contributed by atoms with Crippen LogP contribution in [0.2, 0.25) is 0 Å². The van der Waals surface area contributed by atoms with Crippen LogP contribution in [0, 0.1) is 17.6 Å². The van der Waals surface area contributed by atoms with E-state index in [1.165, 1.54) is 6.07 Å². The molecule has 2 aliphatic rings. The topological polar surface area (TPSA) is 90.4 Å². The van der Waals surface area contributed by atoms with E-state index in [-0.39, 0.29) is 17.5 Å². The number of hydrogen-bond acceptors (Lipinski definition) is 6. The van der Waals surface area contributed by atoms with Crippen LogP contribution in [0.3, 0.4) is 0 Å². The van der Waals surface area contributed by atoms with E-state index >= 15 is 0 Å². The molecular formula is C24H29F6N5O2. The molecular weight excluding hydrogens is 504 g/mol. The van der Waals surface area contributed by atoms with Crippen molar-refractivity contribution < 1.29 is 36.2 Å². The van der Waals surface area contributed by atoms with Gasteiger partial charge in [0, 0.05) is 50.3 Å². The fourth-order valence-electron chi connectivity index (χ4n) is 4.22. The van der Waals surface area contributed by atoms with Gasteiger partial charge in [-0.25, -0.2) is 27.9 Å². The first kappa shape index (κ1) is 28.5. The molecule has 0 spiro atoms. The molecule has 0 radical (unpaired) electrons. The fraction of sp³-hybridized carbons (Fsp3) is 0.542. The summed E-state index contributed by atoms with van der Waals surface area (Å²) < 4.78 is 73.9. The van der Waals surface area contributed by atoms with Crippen molar-refractivity contribution in [3.05, 3.63) is 46.8 Å². The van der Waals surface area contributed by atoms with Gasteiger partial charge >= 0.3 is 12.1 Å². The molecule has 1 atom stereocenters. The normalized spacial score (nSPS) is 17.1. The summed E-state index contributed by atoms with van der Waals surface area (Å²) in [4.78, 5) is 20.8. The van der Waals surface area contributed by atoms with Crippen molar-refractivity contribution in [3.63, 3.8) is 0 Å². The van der Waals surface area contributed by atoms with Gasteiger partial charge in [0.25, 0.3) is 0 Å². The summed E-state index contributed by atoms with van der Waals surface area (Å²) in [6.07, 6.45) is -4.55. The number of nitrogens with zero attached hydrogens (tertiary/aromatic N) is 3. The summed E-state index contributed by atoms with van der Waals surface area (Å²) >= 11 is 0. The molecule has 37 heavy (non-hydrogen) atoms. The molecule has 2 aliphatic heterocycles. The second-order valence-corrected chi connectivity index (χ2v) is 9.21. The molecule has 4 rings (SSSR count). The number of fused-ring (bicyclic) bond motifs is 1. The smallest absolute Gasteiger partial charge is 0.475 e. The third kappa shape index (κ3) is 7.46. The van der Waals surface area contributed by atoms with Gasteiger partial charge in [0.15, 0.2) is 11.6 Å². The SMILES string of the molecule is CC(C)Nc1nc2c(nc1N1CCC(C(F)c3ccc(F)cc3F)CC1)CNCC2.O=C(O)C(F)(F)F. The molecule has 0 aliphatic carbocycles. The van der Waals surface area contributed by atoms with E-state index in [9.17, 15) is 26.3 Å². The molecule has 1 fully saturated rings. The van der Waals surface area contributed by atoms with E-state index in [0.717, 1.165) is 48.1 Å². The van der Waals surface area contributed by atoms with Gasteiger partial charge in [-0.05, 0) is 38.7 Å². The van der Waals surface area contributed by atoms with Crippen LogP contribution in [0.5, 0.6) is 0 Å². The Morgan fingerprint density at radius 2 is 1.81 bits per heavy atom. The van der Waals surface area contributed by atoms with E-state index in [1.54, 1.807) is 0 Å². The second kappa shape index (κ2) is 12.0. The summed E-state index contributed by atoms with van der Waals surface area (Å²) in [7, 11) is 0.